The molecule has 2 aliphatic rings. The van der Waals surface area contributed by atoms with Crippen molar-refractivity contribution in [2.45, 2.75) is 51.0 Å². The molecule has 0 radical (unpaired) electrons. The average molecular weight is 197 g/mol. The average Bonchev–Trinajstić information content (AvgIpc) is 3.00. The first kappa shape index (κ1) is 10.4. The molecule has 2 atom stereocenters. The molecule has 0 aromatic heterocycles. The van der Waals surface area contributed by atoms with Crippen molar-refractivity contribution in [3.05, 3.63) is 0 Å². The summed E-state index contributed by atoms with van der Waals surface area (Å²) in [5.41, 5.74) is -0.421. The number of rotatable bonds is 4. The van der Waals surface area contributed by atoms with E-state index in [0.29, 0.717) is 5.92 Å². The summed E-state index contributed by atoms with van der Waals surface area (Å²) >= 11 is 0. The molecule has 0 aromatic rings. The quantitative estimate of drug-likeness (QED) is 0.722. The molecule has 0 amide bonds. The van der Waals surface area contributed by atoms with Crippen molar-refractivity contribution in [3.63, 3.8) is 0 Å². The molecule has 82 valence electrons. The highest BCUT2D eigenvalue weighted by Gasteiger charge is 2.34. The minimum atomic E-state index is -0.421. The third-order valence-electron chi connectivity index (χ3n) is 3.93. The monoisotopic (exact) mass is 197 g/mol. The first-order valence-electron chi connectivity index (χ1n) is 6.11. The topological polar surface area (TPSA) is 32.3 Å². The van der Waals surface area contributed by atoms with Crippen LogP contribution in [0.2, 0.25) is 0 Å². The van der Waals surface area contributed by atoms with Crippen molar-refractivity contribution in [1.29, 1.82) is 0 Å². The third kappa shape index (κ3) is 2.71. The van der Waals surface area contributed by atoms with E-state index in [1.165, 1.54) is 32.1 Å². The van der Waals surface area contributed by atoms with Gasteiger partial charge in [-0.3, -0.25) is 0 Å². The number of nitrogens with one attached hydrogen (secondary N) is 1. The maximum absolute atomic E-state index is 10.4. The fraction of sp³-hybridized carbons (Fsp3) is 1.00. The molecule has 0 bridgehead atoms. The van der Waals surface area contributed by atoms with E-state index in [-0.39, 0.29) is 0 Å². The Morgan fingerprint density at radius 1 is 1.36 bits per heavy atom. The summed E-state index contributed by atoms with van der Waals surface area (Å²) in [5, 5.41) is 13.8. The number of piperidine rings is 1. The number of hydrogen-bond acceptors (Lipinski definition) is 2. The molecule has 1 saturated carbocycles. The molecule has 0 aromatic carbocycles. The van der Waals surface area contributed by atoms with Gasteiger partial charge in [0.25, 0.3) is 0 Å². The standard InChI is InChI=1S/C12H23NO/c1-12(14,7-6-10-4-5-10)11-3-2-8-13-9-11/h10-11,13-14H,2-9H2,1H3. The van der Waals surface area contributed by atoms with E-state index in [4.69, 9.17) is 0 Å². The van der Waals surface area contributed by atoms with E-state index in [1.54, 1.807) is 0 Å². The summed E-state index contributed by atoms with van der Waals surface area (Å²) in [6.45, 7) is 4.18. The fourth-order valence-electron chi connectivity index (χ4n) is 2.49. The van der Waals surface area contributed by atoms with Crippen molar-refractivity contribution in [1.82, 2.24) is 5.32 Å². The Balaban J connectivity index is 1.78. The highest BCUT2D eigenvalue weighted by Crippen LogP contribution is 2.37. The van der Waals surface area contributed by atoms with E-state index >= 15 is 0 Å². The van der Waals surface area contributed by atoms with Crippen LogP contribution >= 0.6 is 0 Å². The molecule has 2 rings (SSSR count). The summed E-state index contributed by atoms with van der Waals surface area (Å²) in [5.74, 6) is 1.42. The molecule has 14 heavy (non-hydrogen) atoms. The van der Waals surface area contributed by atoms with Gasteiger partial charge < -0.3 is 10.4 Å². The summed E-state index contributed by atoms with van der Waals surface area (Å²) in [6, 6.07) is 0. The lowest BCUT2D eigenvalue weighted by molar-refractivity contribution is -0.0205. The van der Waals surface area contributed by atoms with Gasteiger partial charge in [0.2, 0.25) is 0 Å². The van der Waals surface area contributed by atoms with Crippen LogP contribution in [0.5, 0.6) is 0 Å². The highest BCUT2D eigenvalue weighted by molar-refractivity contribution is 4.88. The Morgan fingerprint density at radius 3 is 2.71 bits per heavy atom. The van der Waals surface area contributed by atoms with Crippen molar-refractivity contribution < 1.29 is 5.11 Å². The Hall–Kier alpha value is -0.0800. The van der Waals surface area contributed by atoms with Crippen LogP contribution in [0.25, 0.3) is 0 Å². The number of aliphatic hydroxyl groups is 1. The van der Waals surface area contributed by atoms with Crippen LogP contribution in [0, 0.1) is 11.8 Å². The molecule has 1 aliphatic heterocycles. The van der Waals surface area contributed by atoms with Gasteiger partial charge in [-0.2, -0.15) is 0 Å². The van der Waals surface area contributed by atoms with Gasteiger partial charge >= 0.3 is 0 Å². The largest absolute Gasteiger partial charge is 0.390 e. The van der Waals surface area contributed by atoms with Gasteiger partial charge in [0.15, 0.2) is 0 Å². The second kappa shape index (κ2) is 4.19. The van der Waals surface area contributed by atoms with E-state index in [2.05, 4.69) is 5.32 Å². The second-order valence-corrected chi connectivity index (χ2v) is 5.38. The normalized spacial score (nSPS) is 32.6. The van der Waals surface area contributed by atoms with E-state index in [0.717, 1.165) is 25.4 Å². The molecule has 2 N–H and O–H groups in total. The van der Waals surface area contributed by atoms with Crippen LogP contribution in [0.4, 0.5) is 0 Å². The van der Waals surface area contributed by atoms with Gasteiger partial charge in [0, 0.05) is 6.54 Å². The fourth-order valence-corrected chi connectivity index (χ4v) is 2.49. The Labute approximate surface area is 87.1 Å². The zero-order valence-electron chi connectivity index (χ0n) is 9.26. The second-order valence-electron chi connectivity index (χ2n) is 5.38. The lowest BCUT2D eigenvalue weighted by Crippen LogP contribution is -2.44. The zero-order valence-corrected chi connectivity index (χ0v) is 9.26. The maximum Gasteiger partial charge on any atom is 0.0660 e. The van der Waals surface area contributed by atoms with Gasteiger partial charge in [-0.25, -0.2) is 0 Å². The Kier molecular flexibility index (Phi) is 3.13. The van der Waals surface area contributed by atoms with Crippen molar-refractivity contribution in [2.75, 3.05) is 13.1 Å². The van der Waals surface area contributed by atoms with E-state index in [1.807, 2.05) is 6.92 Å². The van der Waals surface area contributed by atoms with Crippen LogP contribution in [0.15, 0.2) is 0 Å². The van der Waals surface area contributed by atoms with E-state index in [9.17, 15) is 5.11 Å². The highest BCUT2D eigenvalue weighted by atomic mass is 16.3. The first-order chi connectivity index (χ1) is 6.68. The summed E-state index contributed by atoms with van der Waals surface area (Å²) in [6.07, 6.45) is 7.47. The Morgan fingerprint density at radius 2 is 2.14 bits per heavy atom. The van der Waals surface area contributed by atoms with Crippen molar-refractivity contribution in [3.8, 4) is 0 Å². The van der Waals surface area contributed by atoms with Crippen LogP contribution in [-0.4, -0.2) is 23.8 Å². The number of hydrogen-bond donors (Lipinski definition) is 2. The first-order valence-corrected chi connectivity index (χ1v) is 6.11. The molecule has 2 heteroatoms. The molecule has 2 fully saturated rings. The van der Waals surface area contributed by atoms with Gasteiger partial charge in [0.1, 0.15) is 0 Å². The van der Waals surface area contributed by atoms with E-state index < -0.39 is 5.60 Å². The zero-order chi connectivity index (χ0) is 10.0. The minimum Gasteiger partial charge on any atom is -0.390 e. The van der Waals surface area contributed by atoms with Gasteiger partial charge in [-0.15, -0.1) is 0 Å². The molecular weight excluding hydrogens is 174 g/mol. The Bertz CT molecular complexity index is 181. The molecular formula is C12H23NO. The van der Waals surface area contributed by atoms with Gasteiger partial charge in [-0.1, -0.05) is 12.8 Å². The third-order valence-corrected chi connectivity index (χ3v) is 3.93. The molecule has 1 saturated heterocycles. The SMILES string of the molecule is CC(O)(CCC1CC1)C1CCCNC1. The molecule has 2 nitrogen and oxygen atoms in total. The lowest BCUT2D eigenvalue weighted by Gasteiger charge is -2.36. The lowest BCUT2D eigenvalue weighted by atomic mass is 9.80. The van der Waals surface area contributed by atoms with Crippen LogP contribution in [0.3, 0.4) is 0 Å². The predicted octanol–water partition coefficient (Wildman–Crippen LogP) is 1.93. The van der Waals surface area contributed by atoms with Gasteiger partial charge in [0.05, 0.1) is 5.60 Å². The maximum atomic E-state index is 10.4. The van der Waals surface area contributed by atoms with Crippen LogP contribution in [-0.2, 0) is 0 Å². The van der Waals surface area contributed by atoms with Crippen LogP contribution in [0.1, 0.15) is 45.4 Å². The molecule has 1 aliphatic carbocycles. The minimum absolute atomic E-state index is 0.421. The molecule has 0 spiro atoms. The smallest absolute Gasteiger partial charge is 0.0660 e. The van der Waals surface area contributed by atoms with Crippen LogP contribution < -0.4 is 5.32 Å². The van der Waals surface area contributed by atoms with Gasteiger partial charge in [-0.05, 0) is 51.0 Å². The summed E-state index contributed by atoms with van der Waals surface area (Å²) in [4.78, 5) is 0. The predicted molar refractivity (Wildman–Crippen MR) is 58.2 cm³/mol. The van der Waals surface area contributed by atoms with Crippen molar-refractivity contribution in [2.24, 2.45) is 11.8 Å². The summed E-state index contributed by atoms with van der Waals surface area (Å²) < 4.78 is 0. The molecule has 1 heterocycles. The van der Waals surface area contributed by atoms with Crippen molar-refractivity contribution >= 4 is 0 Å². The summed E-state index contributed by atoms with van der Waals surface area (Å²) in [7, 11) is 0. The molecule has 2 unspecified atom stereocenters.